The van der Waals surface area contributed by atoms with E-state index < -0.39 is 25.4 Å². The molecule has 1 unspecified atom stereocenters. The summed E-state index contributed by atoms with van der Waals surface area (Å²) in [5.41, 5.74) is 0. The second kappa shape index (κ2) is 4.59. The van der Waals surface area contributed by atoms with Crippen molar-refractivity contribution in [3.05, 3.63) is 0 Å². The monoisotopic (exact) mass is 271 g/mol. The van der Waals surface area contributed by atoms with E-state index in [9.17, 15) is 16.8 Å². The summed E-state index contributed by atoms with van der Waals surface area (Å²) >= 11 is 0. The maximum atomic E-state index is 11.2. The number of sulfonamides is 1. The van der Waals surface area contributed by atoms with Gasteiger partial charge in [-0.05, 0) is 25.7 Å². The van der Waals surface area contributed by atoms with E-state index in [-0.39, 0.29) is 5.92 Å². The predicted molar refractivity (Wildman–Crippen MR) is 60.2 cm³/mol. The fourth-order valence-corrected chi connectivity index (χ4v) is 3.55. The van der Waals surface area contributed by atoms with Crippen LogP contribution < -0.4 is 0 Å². The van der Waals surface area contributed by atoms with Gasteiger partial charge in [0.15, 0.2) is 0 Å². The summed E-state index contributed by atoms with van der Waals surface area (Å²) in [6.45, 7) is 2.10. The van der Waals surface area contributed by atoms with Crippen molar-refractivity contribution in [2.45, 2.75) is 25.0 Å². The summed E-state index contributed by atoms with van der Waals surface area (Å²) in [4.78, 5) is 0. The third kappa shape index (κ3) is 3.41. The average Bonchev–Trinajstić information content (AvgIpc) is 2.14. The molecule has 0 saturated carbocycles. The van der Waals surface area contributed by atoms with Crippen molar-refractivity contribution >= 4 is 20.1 Å². The molecule has 1 fully saturated rings. The summed E-state index contributed by atoms with van der Waals surface area (Å²) in [5.74, 6) is -0.173. The first-order chi connectivity index (χ1) is 7.12. The van der Waals surface area contributed by atoms with Crippen molar-refractivity contribution in [2.75, 3.05) is 19.3 Å². The van der Waals surface area contributed by atoms with Crippen LogP contribution >= 0.6 is 0 Å². The quantitative estimate of drug-likeness (QED) is 0.726. The summed E-state index contributed by atoms with van der Waals surface area (Å²) in [6, 6.07) is 0. The number of hydrogen-bond acceptors (Lipinski definition) is 4. The van der Waals surface area contributed by atoms with E-state index in [4.69, 9.17) is 4.55 Å². The van der Waals surface area contributed by atoms with Gasteiger partial charge in [-0.2, -0.15) is 8.42 Å². The average molecular weight is 271 g/mol. The van der Waals surface area contributed by atoms with Gasteiger partial charge in [-0.1, -0.05) is 0 Å². The maximum Gasteiger partial charge on any atom is 0.267 e. The third-order valence-electron chi connectivity index (χ3n) is 3.10. The number of piperidine rings is 1. The Kier molecular flexibility index (Phi) is 3.99. The van der Waals surface area contributed by atoms with Crippen LogP contribution in [0.3, 0.4) is 0 Å². The van der Waals surface area contributed by atoms with Gasteiger partial charge < -0.3 is 0 Å². The first-order valence-electron chi connectivity index (χ1n) is 5.04. The Bertz CT molecular complexity index is 433. The van der Waals surface area contributed by atoms with Crippen LogP contribution in [0.5, 0.6) is 0 Å². The Hall–Kier alpha value is -0.180. The minimum Gasteiger partial charge on any atom is -0.285 e. The zero-order valence-corrected chi connectivity index (χ0v) is 11.0. The van der Waals surface area contributed by atoms with Crippen LogP contribution in [-0.4, -0.2) is 50.3 Å². The van der Waals surface area contributed by atoms with Gasteiger partial charge in [0.1, 0.15) is 0 Å². The highest BCUT2D eigenvalue weighted by Crippen LogP contribution is 2.25. The standard InChI is InChI=1S/C8H17NO5S2/c1-7(16(12,13)14)8-3-5-9(6-4-8)15(2,10)11/h7-8H,3-6H2,1-2H3,(H,12,13,14). The minimum atomic E-state index is -4.02. The van der Waals surface area contributed by atoms with E-state index in [1.807, 2.05) is 0 Å². The molecule has 1 saturated heterocycles. The molecule has 0 aromatic rings. The number of nitrogens with zero attached hydrogens (tertiary/aromatic N) is 1. The molecule has 1 heterocycles. The molecule has 0 radical (unpaired) electrons. The lowest BCUT2D eigenvalue weighted by molar-refractivity contribution is 0.266. The van der Waals surface area contributed by atoms with Crippen molar-refractivity contribution in [1.82, 2.24) is 4.31 Å². The molecule has 16 heavy (non-hydrogen) atoms. The molecule has 96 valence electrons. The Balaban J connectivity index is 2.63. The van der Waals surface area contributed by atoms with E-state index >= 15 is 0 Å². The van der Waals surface area contributed by atoms with Crippen LogP contribution in [0.15, 0.2) is 0 Å². The van der Waals surface area contributed by atoms with Crippen LogP contribution in [0.4, 0.5) is 0 Å². The number of rotatable bonds is 3. The molecule has 6 nitrogen and oxygen atoms in total. The van der Waals surface area contributed by atoms with E-state index in [1.54, 1.807) is 0 Å². The van der Waals surface area contributed by atoms with Crippen molar-refractivity contribution < 1.29 is 21.4 Å². The Morgan fingerprint density at radius 1 is 1.19 bits per heavy atom. The lowest BCUT2D eigenvalue weighted by Crippen LogP contribution is -2.41. The largest absolute Gasteiger partial charge is 0.285 e. The maximum absolute atomic E-state index is 11.2. The van der Waals surface area contributed by atoms with Crippen molar-refractivity contribution in [2.24, 2.45) is 5.92 Å². The van der Waals surface area contributed by atoms with Gasteiger partial charge in [-0.3, -0.25) is 4.55 Å². The molecular weight excluding hydrogens is 254 g/mol. The normalized spacial score (nSPS) is 23.2. The SMILES string of the molecule is CC(C1CCN(S(C)(=O)=O)CC1)S(=O)(=O)O. The van der Waals surface area contributed by atoms with Crippen LogP contribution in [-0.2, 0) is 20.1 Å². The zero-order valence-electron chi connectivity index (χ0n) is 9.33. The Labute approximate surface area is 96.4 Å². The third-order valence-corrected chi connectivity index (χ3v) is 5.73. The molecule has 0 spiro atoms. The fourth-order valence-electron chi connectivity index (χ4n) is 1.92. The van der Waals surface area contributed by atoms with Crippen molar-refractivity contribution in [3.8, 4) is 0 Å². The molecule has 1 aliphatic heterocycles. The second-order valence-electron chi connectivity index (χ2n) is 4.22. The topological polar surface area (TPSA) is 91.8 Å². The summed E-state index contributed by atoms with van der Waals surface area (Å²) in [5, 5.41) is -0.825. The van der Waals surface area contributed by atoms with Crippen molar-refractivity contribution in [1.29, 1.82) is 0 Å². The zero-order chi connectivity index (χ0) is 12.6. The summed E-state index contributed by atoms with van der Waals surface area (Å²) < 4.78 is 54.5. The first kappa shape index (κ1) is 13.9. The first-order valence-corrected chi connectivity index (χ1v) is 8.39. The number of hydrogen-bond donors (Lipinski definition) is 1. The molecule has 0 aromatic carbocycles. The Morgan fingerprint density at radius 3 is 1.94 bits per heavy atom. The fraction of sp³-hybridized carbons (Fsp3) is 1.00. The molecular formula is C8H17NO5S2. The highest BCUT2D eigenvalue weighted by molar-refractivity contribution is 7.88. The summed E-state index contributed by atoms with van der Waals surface area (Å²) in [7, 11) is -7.21. The van der Waals surface area contributed by atoms with E-state index in [0.29, 0.717) is 25.9 Å². The van der Waals surface area contributed by atoms with Crippen LogP contribution in [0.25, 0.3) is 0 Å². The van der Waals surface area contributed by atoms with Gasteiger partial charge in [-0.25, -0.2) is 12.7 Å². The predicted octanol–water partition coefficient (Wildman–Crippen LogP) is -0.0657. The van der Waals surface area contributed by atoms with Gasteiger partial charge in [-0.15, -0.1) is 0 Å². The minimum absolute atomic E-state index is 0.173. The summed E-state index contributed by atoms with van der Waals surface area (Å²) in [6.07, 6.45) is 2.07. The molecule has 8 heteroatoms. The van der Waals surface area contributed by atoms with E-state index in [1.165, 1.54) is 11.2 Å². The molecule has 0 aliphatic carbocycles. The highest BCUT2D eigenvalue weighted by atomic mass is 32.2. The van der Waals surface area contributed by atoms with Crippen LogP contribution in [0.1, 0.15) is 19.8 Å². The molecule has 1 aliphatic rings. The van der Waals surface area contributed by atoms with Gasteiger partial charge >= 0.3 is 0 Å². The van der Waals surface area contributed by atoms with E-state index in [0.717, 1.165) is 6.26 Å². The van der Waals surface area contributed by atoms with Gasteiger partial charge in [0.05, 0.1) is 11.5 Å². The smallest absolute Gasteiger partial charge is 0.267 e. The molecule has 1 rings (SSSR count). The molecule has 0 bridgehead atoms. The molecule has 1 N–H and O–H groups in total. The molecule has 0 amide bonds. The van der Waals surface area contributed by atoms with Gasteiger partial charge in [0.25, 0.3) is 10.1 Å². The van der Waals surface area contributed by atoms with Crippen molar-refractivity contribution in [3.63, 3.8) is 0 Å². The van der Waals surface area contributed by atoms with Gasteiger partial charge in [0, 0.05) is 13.1 Å². The Morgan fingerprint density at radius 2 is 1.62 bits per heavy atom. The second-order valence-corrected chi connectivity index (χ2v) is 7.98. The molecule has 1 atom stereocenters. The molecule has 0 aromatic heterocycles. The van der Waals surface area contributed by atoms with Gasteiger partial charge in [0.2, 0.25) is 10.0 Å². The highest BCUT2D eigenvalue weighted by Gasteiger charge is 2.33. The van der Waals surface area contributed by atoms with E-state index in [2.05, 4.69) is 0 Å². The van der Waals surface area contributed by atoms with Crippen LogP contribution in [0, 0.1) is 5.92 Å². The van der Waals surface area contributed by atoms with Crippen LogP contribution in [0.2, 0.25) is 0 Å². The lowest BCUT2D eigenvalue weighted by atomic mass is 9.95. The lowest BCUT2D eigenvalue weighted by Gasteiger charge is -2.32.